The Balaban J connectivity index is 1.30. The Morgan fingerprint density at radius 1 is 1.20 bits per heavy atom. The van der Waals surface area contributed by atoms with Gasteiger partial charge in [0.15, 0.2) is 0 Å². The molecule has 1 heterocycles. The van der Waals surface area contributed by atoms with Crippen molar-refractivity contribution in [2.45, 2.75) is 50.6 Å². The van der Waals surface area contributed by atoms with Crippen LogP contribution in [0.5, 0.6) is 0 Å². The first-order valence-electron chi connectivity index (χ1n) is 8.42. The lowest BCUT2D eigenvalue weighted by Gasteiger charge is -2.32. The van der Waals surface area contributed by atoms with E-state index in [1.54, 1.807) is 0 Å². The SMILES string of the molecule is O=C(CC1COCCN1)NC1CC2CC1C1CCCC21. The van der Waals surface area contributed by atoms with Crippen LogP contribution >= 0.6 is 0 Å². The summed E-state index contributed by atoms with van der Waals surface area (Å²) in [5, 5.41) is 6.70. The van der Waals surface area contributed by atoms with E-state index in [1.165, 1.54) is 32.1 Å². The zero-order chi connectivity index (χ0) is 13.5. The number of ether oxygens (including phenoxy) is 1. The molecule has 4 aliphatic rings. The Kier molecular flexibility index (Phi) is 3.47. The smallest absolute Gasteiger partial charge is 0.221 e. The summed E-state index contributed by atoms with van der Waals surface area (Å²) in [6.45, 7) is 2.32. The highest BCUT2D eigenvalue weighted by Crippen LogP contribution is 2.58. The molecule has 2 N–H and O–H groups in total. The van der Waals surface area contributed by atoms with E-state index in [0.29, 0.717) is 19.1 Å². The van der Waals surface area contributed by atoms with E-state index >= 15 is 0 Å². The van der Waals surface area contributed by atoms with Gasteiger partial charge in [-0.1, -0.05) is 6.42 Å². The number of rotatable bonds is 3. The Labute approximate surface area is 121 Å². The van der Waals surface area contributed by atoms with Crippen LogP contribution in [0.3, 0.4) is 0 Å². The lowest BCUT2D eigenvalue weighted by Crippen LogP contribution is -2.47. The van der Waals surface area contributed by atoms with E-state index < -0.39 is 0 Å². The molecule has 0 aromatic carbocycles. The number of nitrogens with one attached hydrogen (secondary N) is 2. The summed E-state index contributed by atoms with van der Waals surface area (Å²) in [7, 11) is 0. The molecule has 4 nitrogen and oxygen atoms in total. The summed E-state index contributed by atoms with van der Waals surface area (Å²) in [6, 6.07) is 0.679. The molecule has 1 aliphatic heterocycles. The van der Waals surface area contributed by atoms with E-state index in [1.807, 2.05) is 0 Å². The Hall–Kier alpha value is -0.610. The molecule has 4 heteroatoms. The first-order chi connectivity index (χ1) is 9.81. The van der Waals surface area contributed by atoms with Gasteiger partial charge in [0.25, 0.3) is 0 Å². The number of hydrogen-bond donors (Lipinski definition) is 2. The summed E-state index contributed by atoms with van der Waals surface area (Å²) in [6.07, 6.45) is 7.48. The van der Waals surface area contributed by atoms with E-state index in [2.05, 4.69) is 10.6 Å². The van der Waals surface area contributed by atoms with Crippen molar-refractivity contribution in [3.63, 3.8) is 0 Å². The Morgan fingerprint density at radius 2 is 2.10 bits per heavy atom. The van der Waals surface area contributed by atoms with Crippen LogP contribution < -0.4 is 10.6 Å². The molecule has 1 amide bonds. The van der Waals surface area contributed by atoms with Crippen LogP contribution in [0.1, 0.15) is 38.5 Å². The fourth-order valence-corrected chi connectivity index (χ4v) is 5.47. The molecule has 3 saturated carbocycles. The molecule has 112 valence electrons. The summed E-state index contributed by atoms with van der Waals surface area (Å²) in [5.74, 6) is 3.85. The van der Waals surface area contributed by atoms with E-state index in [0.717, 1.165) is 36.8 Å². The molecule has 3 aliphatic carbocycles. The maximum absolute atomic E-state index is 12.2. The number of fused-ring (bicyclic) bond motifs is 5. The van der Waals surface area contributed by atoms with Crippen LogP contribution in [0.15, 0.2) is 0 Å². The van der Waals surface area contributed by atoms with Crippen LogP contribution in [0.2, 0.25) is 0 Å². The Bertz CT molecular complexity index is 381. The molecular formula is C16H26N2O2. The quantitative estimate of drug-likeness (QED) is 0.818. The second-order valence-electron chi connectivity index (χ2n) is 7.26. The molecule has 1 saturated heterocycles. The number of carbonyl (C=O) groups is 1. The van der Waals surface area contributed by atoms with Crippen molar-refractivity contribution < 1.29 is 9.53 Å². The average molecular weight is 278 g/mol. The predicted molar refractivity (Wildman–Crippen MR) is 76.2 cm³/mol. The molecule has 0 aromatic rings. The predicted octanol–water partition coefficient (Wildman–Crippen LogP) is 1.31. The highest BCUT2D eigenvalue weighted by Gasteiger charge is 2.53. The molecule has 6 unspecified atom stereocenters. The normalized spacial score (nSPS) is 46.4. The van der Waals surface area contributed by atoms with Crippen molar-refractivity contribution >= 4 is 5.91 Å². The number of amides is 1. The zero-order valence-corrected chi connectivity index (χ0v) is 12.1. The van der Waals surface area contributed by atoms with Gasteiger partial charge in [-0.15, -0.1) is 0 Å². The third-order valence-electron chi connectivity index (χ3n) is 6.21. The maximum atomic E-state index is 12.2. The van der Waals surface area contributed by atoms with Crippen LogP contribution in [0.4, 0.5) is 0 Å². The van der Waals surface area contributed by atoms with Gasteiger partial charge < -0.3 is 15.4 Å². The number of hydrogen-bond acceptors (Lipinski definition) is 3. The first-order valence-corrected chi connectivity index (χ1v) is 8.42. The van der Waals surface area contributed by atoms with Crippen molar-refractivity contribution in [3.05, 3.63) is 0 Å². The summed E-state index contributed by atoms with van der Waals surface area (Å²) in [5.41, 5.74) is 0. The maximum Gasteiger partial charge on any atom is 0.221 e. The van der Waals surface area contributed by atoms with E-state index in [4.69, 9.17) is 4.74 Å². The highest BCUT2D eigenvalue weighted by molar-refractivity contribution is 5.77. The van der Waals surface area contributed by atoms with Gasteiger partial charge >= 0.3 is 0 Å². The second kappa shape index (κ2) is 5.30. The molecule has 2 bridgehead atoms. The molecule has 20 heavy (non-hydrogen) atoms. The van der Waals surface area contributed by atoms with Gasteiger partial charge in [0, 0.05) is 25.0 Å². The zero-order valence-electron chi connectivity index (χ0n) is 12.1. The molecule has 6 atom stereocenters. The molecular weight excluding hydrogens is 252 g/mol. The van der Waals surface area contributed by atoms with Crippen LogP contribution in [0.25, 0.3) is 0 Å². The topological polar surface area (TPSA) is 50.4 Å². The second-order valence-corrected chi connectivity index (χ2v) is 7.26. The van der Waals surface area contributed by atoms with Gasteiger partial charge in [-0.3, -0.25) is 4.79 Å². The summed E-state index contributed by atoms with van der Waals surface area (Å²) >= 11 is 0. The van der Waals surface area contributed by atoms with Gasteiger partial charge in [0.05, 0.1) is 13.2 Å². The summed E-state index contributed by atoms with van der Waals surface area (Å²) in [4.78, 5) is 12.2. The Morgan fingerprint density at radius 3 is 2.95 bits per heavy atom. The highest BCUT2D eigenvalue weighted by atomic mass is 16.5. The van der Waals surface area contributed by atoms with Crippen molar-refractivity contribution in [2.75, 3.05) is 19.8 Å². The van der Waals surface area contributed by atoms with Crippen molar-refractivity contribution in [2.24, 2.45) is 23.7 Å². The van der Waals surface area contributed by atoms with Crippen molar-refractivity contribution in [1.29, 1.82) is 0 Å². The average Bonchev–Trinajstić information content (AvgIpc) is 3.11. The number of morpholine rings is 1. The largest absolute Gasteiger partial charge is 0.378 e. The van der Waals surface area contributed by atoms with Gasteiger partial charge in [-0.2, -0.15) is 0 Å². The first kappa shape index (κ1) is 13.1. The third kappa shape index (κ3) is 2.27. The molecule has 0 aromatic heterocycles. The monoisotopic (exact) mass is 278 g/mol. The van der Waals surface area contributed by atoms with E-state index in [-0.39, 0.29) is 11.9 Å². The molecule has 4 rings (SSSR count). The van der Waals surface area contributed by atoms with Gasteiger partial charge in [0.2, 0.25) is 5.91 Å². The van der Waals surface area contributed by atoms with Gasteiger partial charge in [0.1, 0.15) is 0 Å². The summed E-state index contributed by atoms with van der Waals surface area (Å²) < 4.78 is 5.42. The van der Waals surface area contributed by atoms with Crippen molar-refractivity contribution in [3.8, 4) is 0 Å². The number of carbonyl (C=O) groups excluding carboxylic acids is 1. The van der Waals surface area contributed by atoms with E-state index in [9.17, 15) is 4.79 Å². The van der Waals surface area contributed by atoms with Crippen LogP contribution in [-0.2, 0) is 9.53 Å². The van der Waals surface area contributed by atoms with Crippen LogP contribution in [-0.4, -0.2) is 37.7 Å². The molecule has 0 radical (unpaired) electrons. The lowest BCUT2D eigenvalue weighted by atomic mass is 9.79. The minimum Gasteiger partial charge on any atom is -0.378 e. The minimum atomic E-state index is 0.210. The van der Waals surface area contributed by atoms with Gasteiger partial charge in [-0.05, 0) is 49.4 Å². The van der Waals surface area contributed by atoms with Crippen LogP contribution in [0, 0.1) is 23.7 Å². The van der Waals surface area contributed by atoms with Crippen molar-refractivity contribution in [1.82, 2.24) is 10.6 Å². The molecule has 0 spiro atoms. The fourth-order valence-electron chi connectivity index (χ4n) is 5.47. The lowest BCUT2D eigenvalue weighted by molar-refractivity contribution is -0.123. The standard InChI is InChI=1S/C16H26N2O2/c19-16(8-11-9-20-5-4-17-11)18-15-7-10-6-14(15)13-3-1-2-12(10)13/h10-15,17H,1-9H2,(H,18,19). The fraction of sp³-hybridized carbons (Fsp3) is 0.938. The van der Waals surface area contributed by atoms with Gasteiger partial charge in [-0.25, -0.2) is 0 Å². The minimum absolute atomic E-state index is 0.210. The molecule has 4 fully saturated rings. The third-order valence-corrected chi connectivity index (χ3v) is 6.21.